The molecule has 0 aliphatic carbocycles. The monoisotopic (exact) mass is 230 g/mol. The fourth-order valence-electron chi connectivity index (χ4n) is 1.98. The van der Waals surface area contributed by atoms with Crippen LogP contribution in [0.3, 0.4) is 0 Å². The second kappa shape index (κ2) is 6.18. The number of hydrogen-bond acceptors (Lipinski definition) is 4. The Bertz CT molecular complexity index is 233. The van der Waals surface area contributed by atoms with E-state index in [9.17, 15) is 9.90 Å². The standard InChI is InChI=1S/C11H22N2O3/c1-8(2)12-10-4-5-13(11(10)15)6-9(14)7-16-3/h8-10,12,14H,4-7H2,1-3H3. The summed E-state index contributed by atoms with van der Waals surface area (Å²) in [5, 5.41) is 12.8. The zero-order valence-corrected chi connectivity index (χ0v) is 10.3. The number of carbonyl (C=O) groups excluding carboxylic acids is 1. The van der Waals surface area contributed by atoms with E-state index in [0.717, 1.165) is 6.42 Å². The SMILES string of the molecule is COCC(O)CN1CCC(NC(C)C)C1=O. The number of nitrogens with one attached hydrogen (secondary N) is 1. The molecule has 16 heavy (non-hydrogen) atoms. The molecule has 2 N–H and O–H groups in total. The molecule has 0 aromatic rings. The maximum atomic E-state index is 11.9. The van der Waals surface area contributed by atoms with E-state index in [4.69, 9.17) is 4.74 Å². The van der Waals surface area contributed by atoms with E-state index < -0.39 is 6.10 Å². The molecule has 0 aromatic carbocycles. The van der Waals surface area contributed by atoms with Gasteiger partial charge in [-0.1, -0.05) is 13.8 Å². The highest BCUT2D eigenvalue weighted by atomic mass is 16.5. The van der Waals surface area contributed by atoms with Crippen LogP contribution in [0, 0.1) is 0 Å². The van der Waals surface area contributed by atoms with Crippen molar-refractivity contribution in [1.82, 2.24) is 10.2 Å². The van der Waals surface area contributed by atoms with Crippen molar-refractivity contribution in [3.63, 3.8) is 0 Å². The first kappa shape index (κ1) is 13.4. The fraction of sp³-hybridized carbons (Fsp3) is 0.909. The van der Waals surface area contributed by atoms with Gasteiger partial charge >= 0.3 is 0 Å². The predicted molar refractivity (Wildman–Crippen MR) is 61.1 cm³/mol. The third-order valence-corrected chi connectivity index (χ3v) is 2.62. The number of nitrogens with zero attached hydrogens (tertiary/aromatic N) is 1. The van der Waals surface area contributed by atoms with Gasteiger partial charge in [0.2, 0.25) is 5.91 Å². The Morgan fingerprint density at radius 2 is 2.31 bits per heavy atom. The summed E-state index contributed by atoms with van der Waals surface area (Å²) in [6.07, 6.45) is 0.225. The minimum atomic E-state index is -0.591. The van der Waals surface area contributed by atoms with Gasteiger partial charge in [0.1, 0.15) is 0 Å². The molecular weight excluding hydrogens is 208 g/mol. The van der Waals surface area contributed by atoms with Crippen LogP contribution in [0.4, 0.5) is 0 Å². The Kier molecular flexibility index (Phi) is 5.18. The van der Waals surface area contributed by atoms with Crippen molar-refractivity contribution < 1.29 is 14.6 Å². The predicted octanol–water partition coefficient (Wildman–Crippen LogP) is -0.407. The Balaban J connectivity index is 2.38. The molecule has 5 nitrogen and oxygen atoms in total. The summed E-state index contributed by atoms with van der Waals surface area (Å²) in [6, 6.07) is 0.215. The van der Waals surface area contributed by atoms with Crippen LogP contribution in [0.25, 0.3) is 0 Å². The molecule has 0 saturated carbocycles. The molecule has 1 heterocycles. The smallest absolute Gasteiger partial charge is 0.239 e. The molecule has 1 aliphatic heterocycles. The lowest BCUT2D eigenvalue weighted by molar-refractivity contribution is -0.131. The number of likely N-dealkylation sites (tertiary alicyclic amines) is 1. The van der Waals surface area contributed by atoms with Crippen molar-refractivity contribution >= 4 is 5.91 Å². The van der Waals surface area contributed by atoms with Crippen molar-refractivity contribution in [2.45, 2.75) is 38.5 Å². The van der Waals surface area contributed by atoms with Gasteiger partial charge in [0.25, 0.3) is 0 Å². The average molecular weight is 230 g/mol. The number of hydrogen-bond donors (Lipinski definition) is 2. The van der Waals surface area contributed by atoms with Gasteiger partial charge < -0.3 is 20.1 Å². The minimum absolute atomic E-state index is 0.0869. The molecule has 0 spiro atoms. The van der Waals surface area contributed by atoms with Gasteiger partial charge in [0.15, 0.2) is 0 Å². The van der Waals surface area contributed by atoms with E-state index in [1.165, 1.54) is 7.11 Å². The molecule has 5 heteroatoms. The molecule has 94 valence electrons. The van der Waals surface area contributed by atoms with Crippen LogP contribution in [0.15, 0.2) is 0 Å². The largest absolute Gasteiger partial charge is 0.389 e. The lowest BCUT2D eigenvalue weighted by Gasteiger charge is -2.21. The van der Waals surface area contributed by atoms with Crippen molar-refractivity contribution in [3.8, 4) is 0 Å². The molecule has 2 atom stereocenters. The maximum absolute atomic E-state index is 11.9. The number of β-amino-alcohol motifs (C(OH)–C–C–N with tert-alkyl or cyclic N) is 1. The van der Waals surface area contributed by atoms with Crippen LogP contribution in [-0.4, -0.2) is 60.9 Å². The summed E-state index contributed by atoms with van der Waals surface area (Å²) in [5.41, 5.74) is 0. The van der Waals surface area contributed by atoms with Crippen molar-refractivity contribution in [1.29, 1.82) is 0 Å². The summed E-state index contributed by atoms with van der Waals surface area (Å²) in [7, 11) is 1.54. The topological polar surface area (TPSA) is 61.8 Å². The van der Waals surface area contributed by atoms with E-state index in [1.807, 2.05) is 13.8 Å². The first-order chi connectivity index (χ1) is 7.54. The van der Waals surface area contributed by atoms with Crippen LogP contribution in [-0.2, 0) is 9.53 Å². The molecule has 1 fully saturated rings. The summed E-state index contributed by atoms with van der Waals surface area (Å²) in [4.78, 5) is 13.6. The van der Waals surface area contributed by atoms with Gasteiger partial charge in [-0.25, -0.2) is 0 Å². The normalized spacial score (nSPS) is 23.2. The van der Waals surface area contributed by atoms with Crippen LogP contribution < -0.4 is 5.32 Å². The zero-order valence-electron chi connectivity index (χ0n) is 10.3. The molecule has 1 saturated heterocycles. The molecule has 0 bridgehead atoms. The van der Waals surface area contributed by atoms with E-state index in [2.05, 4.69) is 5.32 Å². The minimum Gasteiger partial charge on any atom is -0.389 e. The Morgan fingerprint density at radius 3 is 2.88 bits per heavy atom. The number of ether oxygens (including phenoxy) is 1. The van der Waals surface area contributed by atoms with E-state index in [0.29, 0.717) is 19.1 Å². The Hall–Kier alpha value is -0.650. The average Bonchev–Trinajstić information content (AvgIpc) is 2.50. The van der Waals surface area contributed by atoms with Crippen molar-refractivity contribution in [2.24, 2.45) is 0 Å². The number of carbonyl (C=O) groups is 1. The molecule has 1 aliphatic rings. The van der Waals surface area contributed by atoms with Crippen LogP contribution >= 0.6 is 0 Å². The van der Waals surface area contributed by atoms with Gasteiger partial charge in [-0.15, -0.1) is 0 Å². The highest BCUT2D eigenvalue weighted by molar-refractivity contribution is 5.84. The van der Waals surface area contributed by atoms with E-state index >= 15 is 0 Å². The summed E-state index contributed by atoms with van der Waals surface area (Å²) >= 11 is 0. The van der Waals surface area contributed by atoms with Gasteiger partial charge in [-0.2, -0.15) is 0 Å². The lowest BCUT2D eigenvalue weighted by Crippen LogP contribution is -2.43. The first-order valence-corrected chi connectivity index (χ1v) is 5.76. The van der Waals surface area contributed by atoms with E-state index in [1.54, 1.807) is 4.90 Å². The third kappa shape index (κ3) is 3.73. The Labute approximate surface area is 96.8 Å². The van der Waals surface area contributed by atoms with Gasteiger partial charge in [0, 0.05) is 26.2 Å². The second-order valence-electron chi connectivity index (χ2n) is 4.56. The second-order valence-corrected chi connectivity index (χ2v) is 4.56. The summed E-state index contributed by atoms with van der Waals surface area (Å²) in [5.74, 6) is 0.0869. The summed E-state index contributed by atoms with van der Waals surface area (Å²) in [6.45, 7) is 5.39. The number of rotatable bonds is 6. The number of aliphatic hydroxyl groups is 1. The maximum Gasteiger partial charge on any atom is 0.239 e. The lowest BCUT2D eigenvalue weighted by atomic mass is 10.2. The third-order valence-electron chi connectivity index (χ3n) is 2.62. The highest BCUT2D eigenvalue weighted by Gasteiger charge is 2.32. The number of aliphatic hydroxyl groups excluding tert-OH is 1. The number of amides is 1. The van der Waals surface area contributed by atoms with Crippen molar-refractivity contribution in [2.75, 3.05) is 26.8 Å². The fourth-order valence-corrected chi connectivity index (χ4v) is 1.98. The molecule has 1 amide bonds. The first-order valence-electron chi connectivity index (χ1n) is 5.76. The molecule has 2 unspecified atom stereocenters. The molecule has 1 rings (SSSR count). The molecular formula is C11H22N2O3. The molecule has 0 radical (unpaired) electrons. The van der Waals surface area contributed by atoms with Crippen molar-refractivity contribution in [3.05, 3.63) is 0 Å². The zero-order chi connectivity index (χ0) is 12.1. The Morgan fingerprint density at radius 1 is 1.62 bits per heavy atom. The van der Waals surface area contributed by atoms with E-state index in [-0.39, 0.29) is 18.6 Å². The molecule has 0 aromatic heterocycles. The van der Waals surface area contributed by atoms with Gasteiger partial charge in [-0.05, 0) is 6.42 Å². The summed E-state index contributed by atoms with van der Waals surface area (Å²) < 4.78 is 4.84. The number of methoxy groups -OCH3 is 1. The van der Waals surface area contributed by atoms with Gasteiger partial charge in [0.05, 0.1) is 18.8 Å². The highest BCUT2D eigenvalue weighted by Crippen LogP contribution is 2.12. The quantitative estimate of drug-likeness (QED) is 0.651. The van der Waals surface area contributed by atoms with Gasteiger partial charge in [-0.3, -0.25) is 4.79 Å². The van der Waals surface area contributed by atoms with Crippen LogP contribution in [0.2, 0.25) is 0 Å². The van der Waals surface area contributed by atoms with Crippen LogP contribution in [0.5, 0.6) is 0 Å². The van der Waals surface area contributed by atoms with Crippen LogP contribution in [0.1, 0.15) is 20.3 Å².